The van der Waals surface area contributed by atoms with Crippen LogP contribution in [0.1, 0.15) is 62.4 Å². The summed E-state index contributed by atoms with van der Waals surface area (Å²) in [7, 11) is 0. The summed E-state index contributed by atoms with van der Waals surface area (Å²) < 4.78 is 0. The van der Waals surface area contributed by atoms with Gasteiger partial charge in [0.2, 0.25) is 41.9 Å². The monoisotopic (exact) mass is 852 g/mol. The third kappa shape index (κ3) is 14.0. The normalized spacial score (nSPS) is 16.4. The number of H-pyrrole nitrogens is 1. The Morgan fingerprint density at radius 2 is 1.56 bits per heavy atom. The molecule has 1 aromatic carbocycles. The van der Waals surface area contributed by atoms with Gasteiger partial charge >= 0.3 is 5.97 Å². The van der Waals surface area contributed by atoms with Crippen LogP contribution >= 0.6 is 0 Å². The second kappa shape index (κ2) is 23.3. The maximum atomic E-state index is 13.9. The van der Waals surface area contributed by atoms with Gasteiger partial charge in [0.05, 0.1) is 19.3 Å². The first-order valence-corrected chi connectivity index (χ1v) is 19.7. The number of nitrogens with zero attached hydrogens (tertiary/aromatic N) is 1. The van der Waals surface area contributed by atoms with Crippen molar-refractivity contribution in [1.29, 1.82) is 0 Å². The molecule has 1 aliphatic rings. The number of carbonyl (C=O) groups excluding carboxylic acids is 7. The molecule has 1 fully saturated rings. The summed E-state index contributed by atoms with van der Waals surface area (Å²) in [4.78, 5) is 108. The molecule has 2 heterocycles. The van der Waals surface area contributed by atoms with E-state index in [2.05, 4.69) is 50.0 Å². The van der Waals surface area contributed by atoms with Crippen molar-refractivity contribution >= 4 is 60.0 Å². The van der Waals surface area contributed by atoms with Crippen LogP contribution in [0.5, 0.6) is 5.75 Å². The van der Waals surface area contributed by atoms with E-state index < -0.39 is 96.9 Å². The van der Waals surface area contributed by atoms with E-state index in [1.807, 2.05) is 13.8 Å². The van der Waals surface area contributed by atoms with Gasteiger partial charge in [0.15, 0.2) is 0 Å². The Bertz CT molecular complexity index is 1910. The van der Waals surface area contributed by atoms with Gasteiger partial charge in [-0.15, -0.1) is 0 Å². The highest BCUT2D eigenvalue weighted by Crippen LogP contribution is 2.22. The van der Waals surface area contributed by atoms with E-state index in [0.717, 1.165) is 4.90 Å². The Balaban J connectivity index is 1.73. The molecule has 1 aliphatic heterocycles. The molecular formula is C41H56N8O12. The van der Waals surface area contributed by atoms with Crippen LogP contribution in [0.4, 0.5) is 0 Å². The second-order valence-corrected chi connectivity index (χ2v) is 15.0. The highest BCUT2D eigenvalue weighted by molar-refractivity contribution is 5.97. The number of carbonyl (C=O) groups is 8. The number of nitrogens with one attached hydrogen (secondary N) is 7. The molecule has 0 saturated carbocycles. The molecule has 6 unspecified atom stereocenters. The number of likely N-dealkylation sites (tertiary alicyclic amines) is 1. The molecule has 7 atom stereocenters. The number of phenols is 1. The largest absolute Gasteiger partial charge is 0.508 e. The lowest BCUT2D eigenvalue weighted by Crippen LogP contribution is -2.59. The van der Waals surface area contributed by atoms with Gasteiger partial charge in [-0.25, -0.2) is 4.79 Å². The van der Waals surface area contributed by atoms with E-state index in [1.165, 1.54) is 43.3 Å². The standard InChI is InChI=1S/C41H56N8O12/c1-6-27-25(18-42-28(27)7-2)17-30(37(56)47-31(41(60)61)16-24-10-12-26(53)13-11-24)46-38(57)33-9-8-14-49(33)40(59)32(20-50)45-34(54)19-43-39(58)35(23(5)52)48-36(55)29(44-21-51)15-22(3)4/h6-7,10-13,18,21-23,29-33,35,42,50,52-53H,1-2,8-9,14-17,19-20H2,3-5H3,(H,43,58)(H,44,51)(H,45,54)(H,46,57)(H,47,56)(H,48,55)(H,60,61)/t23?,29-,30?,31?,32?,33?,35?/m0/s1. The second-order valence-electron chi connectivity index (χ2n) is 15.0. The number of hydrogen-bond acceptors (Lipinski definition) is 11. The SMILES string of the molecule is C=Cc1[nH]cc(CC(NC(=O)C2CCCN2C(=O)C(CO)NC(=O)CNC(=O)C(NC(=O)[C@H](CC(C)C)NC=O)C(C)O)C(=O)NC(Cc2ccc(O)cc2)C(=O)O)c1C=C. The number of aromatic amines is 1. The molecule has 1 aromatic heterocycles. The van der Waals surface area contributed by atoms with Crippen LogP contribution in [0.2, 0.25) is 0 Å². The van der Waals surface area contributed by atoms with E-state index in [4.69, 9.17) is 0 Å². The maximum absolute atomic E-state index is 13.9. The number of carboxylic acid groups (broad SMARTS) is 1. The zero-order valence-electron chi connectivity index (χ0n) is 34.3. The van der Waals surface area contributed by atoms with Gasteiger partial charge in [-0.3, -0.25) is 33.6 Å². The van der Waals surface area contributed by atoms with Gasteiger partial charge in [0.1, 0.15) is 42.0 Å². The first-order valence-electron chi connectivity index (χ1n) is 19.7. The molecule has 0 aliphatic carbocycles. The first kappa shape index (κ1) is 48.8. The average Bonchev–Trinajstić information content (AvgIpc) is 3.87. The first-order chi connectivity index (χ1) is 28.9. The molecule has 3 rings (SSSR count). The number of aliphatic carboxylic acids is 1. The van der Waals surface area contributed by atoms with Crippen molar-refractivity contribution in [2.75, 3.05) is 19.7 Å². The minimum Gasteiger partial charge on any atom is -0.508 e. The number of aromatic hydroxyl groups is 1. The van der Waals surface area contributed by atoms with Gasteiger partial charge < -0.3 is 62.2 Å². The predicted octanol–water partition coefficient (Wildman–Crippen LogP) is -1.54. The van der Waals surface area contributed by atoms with Crippen LogP contribution in [0.15, 0.2) is 43.6 Å². The quantitative estimate of drug-likeness (QED) is 0.0536. The maximum Gasteiger partial charge on any atom is 0.326 e. The molecule has 2 aromatic rings. The van der Waals surface area contributed by atoms with Gasteiger partial charge in [0.25, 0.3) is 0 Å². The van der Waals surface area contributed by atoms with Crippen LogP contribution in [-0.4, -0.2) is 140 Å². The molecule has 0 bridgehead atoms. The fourth-order valence-corrected chi connectivity index (χ4v) is 6.78. The Hall–Kier alpha value is -6.54. The zero-order chi connectivity index (χ0) is 45.4. The summed E-state index contributed by atoms with van der Waals surface area (Å²) in [6.07, 6.45) is 4.00. The molecule has 0 spiro atoms. The molecule has 20 heteroatoms. The Morgan fingerprint density at radius 3 is 2.13 bits per heavy atom. The molecule has 0 radical (unpaired) electrons. The lowest BCUT2D eigenvalue weighted by molar-refractivity contribution is -0.144. The Labute approximate surface area is 352 Å². The fraction of sp³-hybridized carbons (Fsp3) is 0.463. The van der Waals surface area contributed by atoms with Crippen LogP contribution in [0.3, 0.4) is 0 Å². The predicted molar refractivity (Wildman–Crippen MR) is 221 cm³/mol. The minimum absolute atomic E-state index is 0.00356. The summed E-state index contributed by atoms with van der Waals surface area (Å²) >= 11 is 0. The summed E-state index contributed by atoms with van der Waals surface area (Å²) in [5.41, 5.74) is 2.22. The van der Waals surface area contributed by atoms with Crippen molar-refractivity contribution in [3.8, 4) is 5.75 Å². The van der Waals surface area contributed by atoms with Crippen molar-refractivity contribution in [2.45, 2.75) is 95.2 Å². The van der Waals surface area contributed by atoms with Gasteiger partial charge in [0, 0.05) is 36.8 Å². The lowest BCUT2D eigenvalue weighted by atomic mass is 10.0. The van der Waals surface area contributed by atoms with Crippen LogP contribution in [0, 0.1) is 5.92 Å². The van der Waals surface area contributed by atoms with Crippen LogP contribution < -0.4 is 31.9 Å². The molecule has 332 valence electrons. The lowest BCUT2D eigenvalue weighted by Gasteiger charge is -2.29. The smallest absolute Gasteiger partial charge is 0.326 e. The summed E-state index contributed by atoms with van der Waals surface area (Å²) in [5, 5.41) is 54.4. The van der Waals surface area contributed by atoms with E-state index in [1.54, 1.807) is 6.20 Å². The fourth-order valence-electron chi connectivity index (χ4n) is 6.78. The number of carboxylic acids is 1. The number of phenolic OH excluding ortho intramolecular Hbond substituents is 1. The Morgan fingerprint density at radius 1 is 0.885 bits per heavy atom. The molecule has 1 saturated heterocycles. The van der Waals surface area contributed by atoms with Crippen molar-refractivity contribution in [1.82, 2.24) is 41.8 Å². The van der Waals surface area contributed by atoms with Crippen molar-refractivity contribution in [2.24, 2.45) is 5.92 Å². The summed E-state index contributed by atoms with van der Waals surface area (Å²) in [5.74, 6) is -6.48. The van der Waals surface area contributed by atoms with E-state index in [-0.39, 0.29) is 43.9 Å². The van der Waals surface area contributed by atoms with Gasteiger partial charge in [-0.05, 0) is 61.4 Å². The van der Waals surface area contributed by atoms with Gasteiger partial charge in [-0.1, -0.05) is 45.2 Å². The van der Waals surface area contributed by atoms with E-state index in [9.17, 15) is 58.8 Å². The number of hydrogen-bond donors (Lipinski definition) is 11. The number of rotatable bonds is 24. The van der Waals surface area contributed by atoms with Crippen molar-refractivity contribution in [3.63, 3.8) is 0 Å². The number of benzene rings is 1. The van der Waals surface area contributed by atoms with E-state index in [0.29, 0.717) is 35.2 Å². The van der Waals surface area contributed by atoms with Crippen molar-refractivity contribution < 1.29 is 58.8 Å². The highest BCUT2D eigenvalue weighted by Gasteiger charge is 2.39. The molecule has 20 nitrogen and oxygen atoms in total. The number of aliphatic hydroxyl groups excluding tert-OH is 2. The summed E-state index contributed by atoms with van der Waals surface area (Å²) in [6.45, 7) is 10.8. The minimum atomic E-state index is -1.57. The molecule has 11 N–H and O–H groups in total. The third-order valence-electron chi connectivity index (χ3n) is 9.93. The zero-order valence-corrected chi connectivity index (χ0v) is 34.3. The highest BCUT2D eigenvalue weighted by atomic mass is 16.4. The van der Waals surface area contributed by atoms with E-state index >= 15 is 0 Å². The van der Waals surface area contributed by atoms with Crippen molar-refractivity contribution in [3.05, 3.63) is 66.0 Å². The van der Waals surface area contributed by atoms with Crippen LogP contribution in [0.25, 0.3) is 12.2 Å². The Kier molecular flexibility index (Phi) is 18.7. The molecular weight excluding hydrogens is 796 g/mol. The van der Waals surface area contributed by atoms with Gasteiger partial charge in [-0.2, -0.15) is 0 Å². The average molecular weight is 853 g/mol. The number of aromatic nitrogens is 1. The third-order valence-corrected chi connectivity index (χ3v) is 9.93. The van der Waals surface area contributed by atoms with Crippen LogP contribution in [-0.2, 0) is 51.2 Å². The molecule has 7 amide bonds. The summed E-state index contributed by atoms with van der Waals surface area (Å²) in [6, 6.07) is -2.30. The number of aliphatic hydroxyl groups is 2. The topological polar surface area (TPSA) is 309 Å². The number of amides is 7. The molecule has 61 heavy (non-hydrogen) atoms.